The molecule has 2 aromatic heterocycles. The number of aromatic nitrogens is 4. The average molecular weight is 367 g/mol. The van der Waals surface area contributed by atoms with Gasteiger partial charge in [-0.15, -0.1) is 0 Å². The third-order valence-electron chi connectivity index (χ3n) is 5.44. The van der Waals surface area contributed by atoms with Crippen molar-refractivity contribution in [1.82, 2.24) is 19.5 Å². The number of aliphatic hydroxyl groups is 2. The Kier molecular flexibility index (Phi) is 4.10. The summed E-state index contributed by atoms with van der Waals surface area (Å²) in [6.45, 7) is 4.64. The molecule has 2 fully saturated rings. The van der Waals surface area contributed by atoms with Crippen molar-refractivity contribution in [3.63, 3.8) is 0 Å². The Morgan fingerprint density at radius 1 is 1.27 bits per heavy atom. The number of imidazole rings is 1. The Hall–Kier alpha value is -1.88. The molecule has 2 saturated heterocycles. The number of nitrogens with zero attached hydrogens (tertiary/aromatic N) is 5. The molecule has 4 heterocycles. The van der Waals surface area contributed by atoms with Crippen LogP contribution in [0.5, 0.6) is 0 Å². The van der Waals surface area contributed by atoms with E-state index in [-0.39, 0.29) is 0 Å². The van der Waals surface area contributed by atoms with Crippen LogP contribution in [0, 0.1) is 0 Å². The van der Waals surface area contributed by atoms with Crippen molar-refractivity contribution < 1.29 is 24.1 Å². The van der Waals surface area contributed by atoms with Gasteiger partial charge in [-0.25, -0.2) is 19.3 Å². The van der Waals surface area contributed by atoms with Crippen molar-refractivity contribution in [2.45, 2.75) is 37.4 Å². The normalized spacial score (nSPS) is 35.3. The molecular formula is C16H22FN5O4. The van der Waals surface area contributed by atoms with Gasteiger partial charge in [0, 0.05) is 13.1 Å². The smallest absolute Gasteiger partial charge is 0.183 e. The molecule has 0 amide bonds. The lowest BCUT2D eigenvalue weighted by molar-refractivity contribution is -0.0891. The topological polar surface area (TPSA) is 106 Å². The van der Waals surface area contributed by atoms with Crippen LogP contribution >= 0.6 is 0 Å². The molecule has 0 aliphatic carbocycles. The van der Waals surface area contributed by atoms with Gasteiger partial charge in [-0.05, 0) is 13.8 Å². The molecule has 2 aromatic rings. The molecule has 9 nitrogen and oxygen atoms in total. The first-order valence-electron chi connectivity index (χ1n) is 8.55. The molecule has 0 saturated carbocycles. The largest absolute Gasteiger partial charge is 0.394 e. The van der Waals surface area contributed by atoms with Gasteiger partial charge in [0.1, 0.15) is 18.0 Å². The number of hydrogen-bond donors (Lipinski definition) is 2. The van der Waals surface area contributed by atoms with E-state index in [1.807, 2.05) is 4.90 Å². The quantitative estimate of drug-likeness (QED) is 0.783. The monoisotopic (exact) mass is 367 g/mol. The number of aliphatic hydroxyl groups excluding tert-OH is 1. The van der Waals surface area contributed by atoms with Crippen molar-refractivity contribution in [2.75, 3.05) is 37.8 Å². The van der Waals surface area contributed by atoms with Crippen LogP contribution in [0.3, 0.4) is 0 Å². The van der Waals surface area contributed by atoms with Crippen LogP contribution in [-0.4, -0.2) is 80.0 Å². The second kappa shape index (κ2) is 6.08. The van der Waals surface area contributed by atoms with Crippen LogP contribution in [0.1, 0.15) is 20.1 Å². The fourth-order valence-electron chi connectivity index (χ4n) is 3.55. The minimum atomic E-state index is -2.15. The minimum absolute atomic E-state index is 0.407. The van der Waals surface area contributed by atoms with Gasteiger partial charge in [0.15, 0.2) is 28.9 Å². The first-order chi connectivity index (χ1) is 12.4. The SMILES string of the molecule is C[C@]1(F)[C@H](n2cnc3c(N4CCOCC4)ncnc32)O[C@H](CO)[C@@]1(C)O. The van der Waals surface area contributed by atoms with Crippen molar-refractivity contribution in [3.8, 4) is 0 Å². The zero-order valence-electron chi connectivity index (χ0n) is 14.7. The van der Waals surface area contributed by atoms with E-state index < -0.39 is 30.2 Å². The molecule has 10 heteroatoms. The number of anilines is 1. The Bertz CT molecular complexity index is 805. The number of hydrogen-bond acceptors (Lipinski definition) is 8. The van der Waals surface area contributed by atoms with Gasteiger partial charge in [-0.2, -0.15) is 0 Å². The summed E-state index contributed by atoms with van der Waals surface area (Å²) in [7, 11) is 0. The lowest BCUT2D eigenvalue weighted by Crippen LogP contribution is -2.51. The van der Waals surface area contributed by atoms with Crippen molar-refractivity contribution >= 4 is 17.0 Å². The Labute approximate surface area is 149 Å². The number of alkyl halides is 1. The molecule has 2 N–H and O–H groups in total. The predicted molar refractivity (Wildman–Crippen MR) is 89.5 cm³/mol. The maximum absolute atomic E-state index is 15.4. The van der Waals surface area contributed by atoms with Crippen LogP contribution in [0.15, 0.2) is 12.7 Å². The van der Waals surface area contributed by atoms with Gasteiger partial charge in [-0.1, -0.05) is 0 Å². The van der Waals surface area contributed by atoms with Crippen LogP contribution < -0.4 is 4.90 Å². The Morgan fingerprint density at radius 3 is 2.65 bits per heavy atom. The van der Waals surface area contributed by atoms with E-state index >= 15 is 4.39 Å². The van der Waals surface area contributed by atoms with Gasteiger partial charge in [0.25, 0.3) is 0 Å². The highest BCUT2D eigenvalue weighted by Gasteiger charge is 2.63. The highest BCUT2D eigenvalue weighted by atomic mass is 19.1. The molecule has 2 aliphatic heterocycles. The van der Waals surface area contributed by atoms with Crippen molar-refractivity contribution in [3.05, 3.63) is 12.7 Å². The zero-order valence-corrected chi connectivity index (χ0v) is 14.7. The first-order valence-corrected chi connectivity index (χ1v) is 8.55. The standard InChI is InChI=1S/C16H22FN5O4/c1-15(17)14(26-10(7-23)16(15,2)24)22-9-20-11-12(18-8-19-13(11)22)21-3-5-25-6-4-21/h8-10,14,23-24H,3-7H2,1-2H3/t10-,14-,15+,16-/m1/s1. The summed E-state index contributed by atoms with van der Waals surface area (Å²) < 4.78 is 27.9. The van der Waals surface area contributed by atoms with Gasteiger partial charge in [-0.3, -0.25) is 4.57 Å². The maximum atomic E-state index is 15.4. The van der Waals surface area contributed by atoms with Gasteiger partial charge >= 0.3 is 0 Å². The average Bonchev–Trinajstić information content (AvgIpc) is 3.13. The summed E-state index contributed by atoms with van der Waals surface area (Å²) in [5, 5.41) is 20.0. The zero-order chi connectivity index (χ0) is 18.5. The third kappa shape index (κ3) is 2.40. The number of fused-ring (bicyclic) bond motifs is 1. The molecular weight excluding hydrogens is 345 g/mol. The molecule has 4 atom stereocenters. The molecule has 0 bridgehead atoms. The molecule has 4 rings (SSSR count). The van der Waals surface area contributed by atoms with Crippen LogP contribution in [0.25, 0.3) is 11.2 Å². The number of halogens is 1. The molecule has 2 aliphatic rings. The lowest BCUT2D eigenvalue weighted by Gasteiger charge is -2.32. The first kappa shape index (κ1) is 17.5. The van der Waals surface area contributed by atoms with Gasteiger partial charge in [0.05, 0.1) is 26.1 Å². The van der Waals surface area contributed by atoms with Crippen molar-refractivity contribution in [2.24, 2.45) is 0 Å². The van der Waals surface area contributed by atoms with E-state index in [0.717, 1.165) is 0 Å². The maximum Gasteiger partial charge on any atom is 0.183 e. The van der Waals surface area contributed by atoms with Crippen LogP contribution in [0.4, 0.5) is 10.2 Å². The lowest BCUT2D eigenvalue weighted by atomic mass is 9.85. The number of rotatable bonds is 3. The fourth-order valence-corrected chi connectivity index (χ4v) is 3.55. The summed E-state index contributed by atoms with van der Waals surface area (Å²) in [4.78, 5) is 15.0. The fraction of sp³-hybridized carbons (Fsp3) is 0.688. The molecule has 0 radical (unpaired) electrons. The summed E-state index contributed by atoms with van der Waals surface area (Å²) in [5.74, 6) is 0.654. The molecule has 26 heavy (non-hydrogen) atoms. The van der Waals surface area contributed by atoms with E-state index in [4.69, 9.17) is 9.47 Å². The predicted octanol–water partition coefficient (Wildman–Crippen LogP) is 0.0318. The van der Waals surface area contributed by atoms with Gasteiger partial charge in [0.2, 0.25) is 0 Å². The Morgan fingerprint density at radius 2 is 2.00 bits per heavy atom. The highest BCUT2D eigenvalue weighted by molar-refractivity contribution is 5.83. The molecule has 0 unspecified atom stereocenters. The third-order valence-corrected chi connectivity index (χ3v) is 5.44. The van der Waals surface area contributed by atoms with Crippen molar-refractivity contribution in [1.29, 1.82) is 0 Å². The molecule has 0 aromatic carbocycles. The second-order valence-corrected chi connectivity index (χ2v) is 7.00. The molecule has 142 valence electrons. The summed E-state index contributed by atoms with van der Waals surface area (Å²) >= 11 is 0. The van der Waals surface area contributed by atoms with E-state index in [1.165, 1.54) is 31.1 Å². The van der Waals surface area contributed by atoms with E-state index in [1.54, 1.807) is 0 Å². The number of ether oxygens (including phenoxy) is 2. The van der Waals surface area contributed by atoms with Crippen LogP contribution in [0.2, 0.25) is 0 Å². The van der Waals surface area contributed by atoms with Gasteiger partial charge < -0.3 is 24.6 Å². The van der Waals surface area contributed by atoms with Crippen LogP contribution in [-0.2, 0) is 9.47 Å². The second-order valence-electron chi connectivity index (χ2n) is 7.00. The molecule has 0 spiro atoms. The van der Waals surface area contributed by atoms with E-state index in [2.05, 4.69) is 15.0 Å². The highest BCUT2D eigenvalue weighted by Crippen LogP contribution is 2.48. The Balaban J connectivity index is 1.77. The van der Waals surface area contributed by atoms with E-state index in [0.29, 0.717) is 43.3 Å². The minimum Gasteiger partial charge on any atom is -0.394 e. The summed E-state index contributed by atoms with van der Waals surface area (Å²) in [5.41, 5.74) is -3.08. The summed E-state index contributed by atoms with van der Waals surface area (Å²) in [6, 6.07) is 0. The summed E-state index contributed by atoms with van der Waals surface area (Å²) in [6.07, 6.45) is 0.603. The number of morpholine rings is 1. The van der Waals surface area contributed by atoms with E-state index in [9.17, 15) is 10.2 Å².